The Kier molecular flexibility index (Phi) is 4.36. The summed E-state index contributed by atoms with van der Waals surface area (Å²) >= 11 is 0. The van der Waals surface area contributed by atoms with Crippen LogP contribution >= 0.6 is 0 Å². The topological polar surface area (TPSA) is 47.6 Å². The molecule has 0 saturated heterocycles. The van der Waals surface area contributed by atoms with E-state index in [1.165, 1.54) is 0 Å². The van der Waals surface area contributed by atoms with Crippen LogP contribution in [-0.2, 0) is 0 Å². The third kappa shape index (κ3) is 2.82. The standard InChI is InChI=1S/C16H22N2/c1-5-10-16(11-17,12-18)14-8-6-13(7-9-14)15(2,3)4/h5,8,13H,1,6-7,9-10H2,2-4H3/t13-/m1/s1. The van der Waals surface area contributed by atoms with Gasteiger partial charge in [-0.2, -0.15) is 10.5 Å². The van der Waals surface area contributed by atoms with Gasteiger partial charge in [0.15, 0.2) is 5.41 Å². The summed E-state index contributed by atoms with van der Waals surface area (Å²) in [7, 11) is 0. The van der Waals surface area contributed by atoms with Gasteiger partial charge in [0.1, 0.15) is 0 Å². The first-order chi connectivity index (χ1) is 8.39. The van der Waals surface area contributed by atoms with Gasteiger partial charge < -0.3 is 0 Å². The first-order valence-electron chi connectivity index (χ1n) is 6.52. The van der Waals surface area contributed by atoms with Gasteiger partial charge in [0, 0.05) is 6.42 Å². The second-order valence-electron chi connectivity index (χ2n) is 6.19. The van der Waals surface area contributed by atoms with Gasteiger partial charge >= 0.3 is 0 Å². The van der Waals surface area contributed by atoms with Crippen molar-refractivity contribution in [1.29, 1.82) is 10.5 Å². The van der Waals surface area contributed by atoms with Crippen molar-refractivity contribution >= 4 is 0 Å². The Balaban J connectivity index is 2.94. The van der Waals surface area contributed by atoms with Gasteiger partial charge in [0.05, 0.1) is 12.1 Å². The first kappa shape index (κ1) is 14.5. The Hall–Kier alpha value is -1.54. The quantitative estimate of drug-likeness (QED) is 0.690. The number of hydrogen-bond acceptors (Lipinski definition) is 2. The van der Waals surface area contributed by atoms with E-state index in [0.717, 1.165) is 24.8 Å². The molecule has 0 spiro atoms. The molecule has 18 heavy (non-hydrogen) atoms. The number of nitrogens with zero attached hydrogens (tertiary/aromatic N) is 2. The summed E-state index contributed by atoms with van der Waals surface area (Å²) in [4.78, 5) is 0. The molecule has 0 amide bonds. The Morgan fingerprint density at radius 1 is 1.39 bits per heavy atom. The third-order valence-electron chi connectivity index (χ3n) is 4.02. The second-order valence-corrected chi connectivity index (χ2v) is 6.19. The molecule has 0 aromatic heterocycles. The van der Waals surface area contributed by atoms with E-state index < -0.39 is 5.41 Å². The van der Waals surface area contributed by atoms with Gasteiger partial charge in [-0.25, -0.2) is 0 Å². The van der Waals surface area contributed by atoms with Crippen LogP contribution in [0.3, 0.4) is 0 Å². The highest BCUT2D eigenvalue weighted by atomic mass is 14.4. The van der Waals surface area contributed by atoms with Crippen LogP contribution < -0.4 is 0 Å². The van der Waals surface area contributed by atoms with Crippen molar-refractivity contribution in [3.05, 3.63) is 24.3 Å². The second kappa shape index (κ2) is 5.40. The molecule has 0 fully saturated rings. The molecular formula is C16H22N2. The summed E-state index contributed by atoms with van der Waals surface area (Å²) < 4.78 is 0. The summed E-state index contributed by atoms with van der Waals surface area (Å²) in [5.41, 5.74) is 0.306. The highest BCUT2D eigenvalue weighted by Crippen LogP contribution is 2.43. The van der Waals surface area contributed by atoms with Crippen LogP contribution in [0.5, 0.6) is 0 Å². The van der Waals surface area contributed by atoms with E-state index in [1.54, 1.807) is 6.08 Å². The number of hydrogen-bond donors (Lipinski definition) is 0. The van der Waals surface area contributed by atoms with E-state index in [0.29, 0.717) is 17.8 Å². The van der Waals surface area contributed by atoms with Gasteiger partial charge in [0.25, 0.3) is 0 Å². The molecule has 0 unspecified atom stereocenters. The maximum atomic E-state index is 9.32. The zero-order valence-electron chi connectivity index (χ0n) is 11.7. The average molecular weight is 242 g/mol. The molecule has 2 nitrogen and oxygen atoms in total. The molecule has 0 bridgehead atoms. The minimum absolute atomic E-state index is 0.294. The van der Waals surface area contributed by atoms with Crippen molar-refractivity contribution in [1.82, 2.24) is 0 Å². The lowest BCUT2D eigenvalue weighted by atomic mass is 9.68. The van der Waals surface area contributed by atoms with E-state index in [1.807, 2.05) is 0 Å². The molecule has 0 radical (unpaired) electrons. The van der Waals surface area contributed by atoms with Gasteiger partial charge in [0.2, 0.25) is 0 Å². The van der Waals surface area contributed by atoms with E-state index in [-0.39, 0.29) is 0 Å². The van der Waals surface area contributed by atoms with E-state index in [9.17, 15) is 10.5 Å². The highest BCUT2D eigenvalue weighted by Gasteiger charge is 2.36. The van der Waals surface area contributed by atoms with Crippen LogP contribution in [0.15, 0.2) is 24.3 Å². The molecule has 2 heteroatoms. The molecule has 1 aliphatic rings. The molecule has 0 aromatic rings. The average Bonchev–Trinajstić information content (AvgIpc) is 2.35. The van der Waals surface area contributed by atoms with E-state index >= 15 is 0 Å². The van der Waals surface area contributed by atoms with Gasteiger partial charge in [-0.05, 0) is 36.2 Å². The number of nitriles is 2. The van der Waals surface area contributed by atoms with Crippen LogP contribution in [0.25, 0.3) is 0 Å². The Morgan fingerprint density at radius 3 is 2.33 bits per heavy atom. The zero-order chi connectivity index (χ0) is 13.8. The third-order valence-corrected chi connectivity index (χ3v) is 4.02. The van der Waals surface area contributed by atoms with Crippen molar-refractivity contribution in [2.75, 3.05) is 0 Å². The van der Waals surface area contributed by atoms with Gasteiger partial charge in [-0.1, -0.05) is 32.9 Å². The predicted molar refractivity (Wildman–Crippen MR) is 73.4 cm³/mol. The zero-order valence-corrected chi connectivity index (χ0v) is 11.7. The largest absolute Gasteiger partial charge is 0.196 e. The van der Waals surface area contributed by atoms with Gasteiger partial charge in [-0.15, -0.1) is 6.58 Å². The number of allylic oxidation sites excluding steroid dienone is 3. The Morgan fingerprint density at radius 2 is 2.00 bits per heavy atom. The Labute approximate surface area is 111 Å². The summed E-state index contributed by atoms with van der Waals surface area (Å²) in [5.74, 6) is 0.639. The van der Waals surface area contributed by atoms with Crippen LogP contribution in [0.4, 0.5) is 0 Å². The van der Waals surface area contributed by atoms with Crippen molar-refractivity contribution in [2.24, 2.45) is 16.7 Å². The SMILES string of the molecule is C=CCC(C#N)(C#N)C1=CC[C@@H](C(C)(C)C)CC1. The molecule has 1 rings (SSSR count). The first-order valence-corrected chi connectivity index (χ1v) is 6.52. The van der Waals surface area contributed by atoms with Crippen molar-refractivity contribution in [2.45, 2.75) is 46.5 Å². The number of rotatable bonds is 3. The predicted octanol–water partition coefficient (Wildman–Crippen LogP) is 4.37. The normalized spacial score (nSPS) is 20.5. The molecule has 1 aliphatic carbocycles. The van der Waals surface area contributed by atoms with Crippen molar-refractivity contribution in [3.63, 3.8) is 0 Å². The molecule has 96 valence electrons. The van der Waals surface area contributed by atoms with Crippen molar-refractivity contribution < 1.29 is 0 Å². The molecular weight excluding hydrogens is 220 g/mol. The molecule has 0 aliphatic heterocycles. The maximum absolute atomic E-state index is 9.32. The fourth-order valence-corrected chi connectivity index (χ4v) is 2.62. The highest BCUT2D eigenvalue weighted by molar-refractivity contribution is 5.35. The molecule has 1 atom stereocenters. The fourth-order valence-electron chi connectivity index (χ4n) is 2.62. The van der Waals surface area contributed by atoms with Crippen molar-refractivity contribution in [3.8, 4) is 12.1 Å². The molecule has 0 heterocycles. The summed E-state index contributed by atoms with van der Waals surface area (Å²) in [5, 5.41) is 18.6. The lowest BCUT2D eigenvalue weighted by Crippen LogP contribution is -2.26. The fraction of sp³-hybridized carbons (Fsp3) is 0.625. The molecule has 0 saturated carbocycles. The minimum Gasteiger partial charge on any atom is -0.196 e. The van der Waals surface area contributed by atoms with Crippen LogP contribution in [-0.4, -0.2) is 0 Å². The smallest absolute Gasteiger partial charge is 0.168 e. The summed E-state index contributed by atoms with van der Waals surface area (Å²) in [6.07, 6.45) is 7.11. The van der Waals surface area contributed by atoms with Crippen LogP contribution in [0.1, 0.15) is 46.5 Å². The molecule has 0 N–H and O–H groups in total. The van der Waals surface area contributed by atoms with Crippen LogP contribution in [0.2, 0.25) is 0 Å². The minimum atomic E-state index is -0.982. The maximum Gasteiger partial charge on any atom is 0.168 e. The summed E-state index contributed by atoms with van der Waals surface area (Å²) in [6.45, 7) is 10.4. The lowest BCUT2D eigenvalue weighted by Gasteiger charge is -2.35. The summed E-state index contributed by atoms with van der Waals surface area (Å²) in [6, 6.07) is 4.38. The monoisotopic (exact) mass is 242 g/mol. The van der Waals surface area contributed by atoms with Gasteiger partial charge in [-0.3, -0.25) is 0 Å². The molecule has 0 aromatic carbocycles. The lowest BCUT2D eigenvalue weighted by molar-refractivity contribution is 0.217. The van der Waals surface area contributed by atoms with E-state index in [4.69, 9.17) is 0 Å². The Bertz CT molecular complexity index is 409. The van der Waals surface area contributed by atoms with Crippen LogP contribution in [0, 0.1) is 39.4 Å². The van der Waals surface area contributed by atoms with E-state index in [2.05, 4.69) is 45.6 Å².